The number of ether oxygens (including phenoxy) is 1. The molecule has 0 saturated heterocycles. The lowest BCUT2D eigenvalue weighted by atomic mass is 10.1. The molecule has 1 aromatic heterocycles. The van der Waals surface area contributed by atoms with Crippen LogP contribution in [0.4, 0.5) is 0 Å². The van der Waals surface area contributed by atoms with E-state index in [2.05, 4.69) is 18.8 Å². The third-order valence-electron chi connectivity index (χ3n) is 3.40. The van der Waals surface area contributed by atoms with Crippen molar-refractivity contribution in [1.82, 2.24) is 9.55 Å². The molecule has 0 aliphatic carbocycles. The largest absolute Gasteiger partial charge is 0.479 e. The topological polar surface area (TPSA) is 27.1 Å². The Kier molecular flexibility index (Phi) is 7.88. The van der Waals surface area contributed by atoms with Crippen LogP contribution in [0, 0.1) is 5.92 Å². The number of imidazole rings is 1. The third-order valence-corrected chi connectivity index (χ3v) is 5.78. The molecule has 0 aliphatic rings. The maximum atomic E-state index is 6.67. The minimum absolute atomic E-state index is 0.107. The maximum Gasteiger partial charge on any atom is 0.220 e. The summed E-state index contributed by atoms with van der Waals surface area (Å²) in [6.45, 7) is 4.93. The van der Waals surface area contributed by atoms with Gasteiger partial charge in [0, 0.05) is 17.4 Å². The highest BCUT2D eigenvalue weighted by Crippen LogP contribution is 2.42. The normalized spacial score (nSPS) is 13.7. The summed E-state index contributed by atoms with van der Waals surface area (Å²) in [6.07, 6.45) is 6.21. The van der Waals surface area contributed by atoms with Crippen molar-refractivity contribution in [2.45, 2.75) is 31.0 Å². The lowest BCUT2D eigenvalue weighted by Gasteiger charge is -2.23. The van der Waals surface area contributed by atoms with Gasteiger partial charge < -0.3 is 9.30 Å². The minimum Gasteiger partial charge on any atom is -0.479 e. The molecule has 0 saturated carbocycles. The zero-order chi connectivity index (χ0) is 17.5. The molecule has 0 bridgehead atoms. The van der Waals surface area contributed by atoms with E-state index in [1.165, 1.54) is 11.8 Å². The number of nitrogens with zero attached hydrogens (tertiary/aromatic N) is 2. The maximum absolute atomic E-state index is 6.67. The Morgan fingerprint density at radius 3 is 2.62 bits per heavy atom. The van der Waals surface area contributed by atoms with Crippen LogP contribution in [0.25, 0.3) is 0 Å². The predicted molar refractivity (Wildman–Crippen MR) is 107 cm³/mol. The van der Waals surface area contributed by atoms with Crippen molar-refractivity contribution in [3.8, 4) is 0 Å². The van der Waals surface area contributed by atoms with Gasteiger partial charge in [-0.15, -0.1) is 0 Å². The van der Waals surface area contributed by atoms with Crippen molar-refractivity contribution >= 4 is 51.6 Å². The predicted octanol–water partition coefficient (Wildman–Crippen LogP) is 6.10. The molecule has 0 N–H and O–H groups in total. The van der Waals surface area contributed by atoms with Gasteiger partial charge in [0.1, 0.15) is 5.50 Å². The number of hydrogen-bond acceptors (Lipinski definition) is 4. The van der Waals surface area contributed by atoms with Gasteiger partial charge in [0.15, 0.2) is 0 Å². The highest BCUT2D eigenvalue weighted by Gasteiger charge is 2.25. The van der Waals surface area contributed by atoms with Gasteiger partial charge in [0.05, 0.1) is 18.2 Å². The second-order valence-electron chi connectivity index (χ2n) is 5.75. The second-order valence-corrected chi connectivity index (χ2v) is 8.38. The smallest absolute Gasteiger partial charge is 0.220 e. The number of aromatic nitrogens is 2. The summed E-state index contributed by atoms with van der Waals surface area (Å²) in [4.78, 5) is 4.07. The lowest BCUT2D eigenvalue weighted by molar-refractivity contribution is 0.292. The van der Waals surface area contributed by atoms with Crippen LogP contribution < -0.4 is 0 Å². The standard InChI is InChI=1S/C17H20Cl2N2OS2/c1-12(2)7-10-22-17(23)24-15(13-3-5-14(18)6-4-13)16(19)21-9-8-20-11-21/h3-6,8-9,11-12,15-16H,7,10H2,1-2H3. The first-order valence-corrected chi connectivity index (χ1v) is 9.78. The monoisotopic (exact) mass is 402 g/mol. The number of halogens is 2. The molecule has 2 unspecified atom stereocenters. The molecule has 1 heterocycles. The fraction of sp³-hybridized carbons (Fsp3) is 0.412. The van der Waals surface area contributed by atoms with Crippen LogP contribution in [0.1, 0.15) is 36.6 Å². The first-order valence-electron chi connectivity index (χ1n) is 7.67. The summed E-state index contributed by atoms with van der Waals surface area (Å²) >= 11 is 19.5. The highest BCUT2D eigenvalue weighted by molar-refractivity contribution is 8.22. The van der Waals surface area contributed by atoms with Gasteiger partial charge in [-0.2, -0.15) is 0 Å². The van der Waals surface area contributed by atoms with E-state index < -0.39 is 0 Å². The van der Waals surface area contributed by atoms with E-state index in [9.17, 15) is 0 Å². The first-order chi connectivity index (χ1) is 11.5. The summed E-state index contributed by atoms with van der Waals surface area (Å²) in [5, 5.41) is 0.580. The van der Waals surface area contributed by atoms with Gasteiger partial charge >= 0.3 is 0 Å². The minimum atomic E-state index is -0.342. The number of benzene rings is 1. The highest BCUT2D eigenvalue weighted by atomic mass is 35.5. The molecule has 2 rings (SSSR count). The molecule has 24 heavy (non-hydrogen) atoms. The van der Waals surface area contributed by atoms with Gasteiger partial charge in [0.2, 0.25) is 4.38 Å². The molecule has 2 aromatic rings. The van der Waals surface area contributed by atoms with Crippen LogP contribution in [0.5, 0.6) is 0 Å². The summed E-state index contributed by atoms with van der Waals surface area (Å²) < 4.78 is 8.03. The molecule has 1 aromatic carbocycles. The van der Waals surface area contributed by atoms with Crippen LogP contribution in [0.2, 0.25) is 5.02 Å². The van der Waals surface area contributed by atoms with Gasteiger partial charge in [0.25, 0.3) is 0 Å². The van der Waals surface area contributed by atoms with E-state index in [1.807, 2.05) is 35.0 Å². The average molecular weight is 403 g/mol. The van der Waals surface area contributed by atoms with Gasteiger partial charge in [-0.3, -0.25) is 0 Å². The van der Waals surface area contributed by atoms with E-state index in [4.69, 9.17) is 40.2 Å². The van der Waals surface area contributed by atoms with E-state index in [1.54, 1.807) is 12.5 Å². The molecule has 0 spiro atoms. The van der Waals surface area contributed by atoms with E-state index in [-0.39, 0.29) is 10.8 Å². The van der Waals surface area contributed by atoms with E-state index in [0.717, 1.165) is 12.0 Å². The fourth-order valence-electron chi connectivity index (χ4n) is 2.02. The molecule has 0 aliphatic heterocycles. The third kappa shape index (κ3) is 5.96. The van der Waals surface area contributed by atoms with Crippen LogP contribution in [0.15, 0.2) is 43.0 Å². The molecular formula is C17H20Cl2N2OS2. The van der Waals surface area contributed by atoms with Gasteiger partial charge in [-0.05, 0) is 42.3 Å². The number of rotatable bonds is 7. The Bertz CT molecular complexity index is 633. The summed E-state index contributed by atoms with van der Waals surface area (Å²) in [6, 6.07) is 7.63. The Morgan fingerprint density at radius 1 is 1.33 bits per heavy atom. The Labute approximate surface area is 162 Å². The zero-order valence-electron chi connectivity index (χ0n) is 13.6. The molecule has 0 amide bonds. The number of thiocarbonyl (C=S) groups is 1. The second kappa shape index (κ2) is 9.66. The molecule has 7 heteroatoms. The Morgan fingerprint density at radius 2 is 2.04 bits per heavy atom. The quantitative estimate of drug-likeness (QED) is 0.413. The summed E-state index contributed by atoms with van der Waals surface area (Å²) in [7, 11) is 0. The van der Waals surface area contributed by atoms with E-state index in [0.29, 0.717) is 21.9 Å². The molecule has 0 radical (unpaired) electrons. The average Bonchev–Trinajstić information content (AvgIpc) is 3.07. The van der Waals surface area contributed by atoms with Crippen molar-refractivity contribution in [3.63, 3.8) is 0 Å². The summed E-state index contributed by atoms with van der Waals surface area (Å²) in [5.74, 6) is 0.580. The lowest BCUT2D eigenvalue weighted by Crippen LogP contribution is -2.12. The van der Waals surface area contributed by atoms with Gasteiger partial charge in [-0.1, -0.05) is 60.9 Å². The van der Waals surface area contributed by atoms with Crippen molar-refractivity contribution < 1.29 is 4.74 Å². The van der Waals surface area contributed by atoms with Crippen LogP contribution in [0.3, 0.4) is 0 Å². The molecule has 2 atom stereocenters. The molecule has 3 nitrogen and oxygen atoms in total. The molecule has 0 fully saturated rings. The van der Waals surface area contributed by atoms with Crippen molar-refractivity contribution in [1.29, 1.82) is 0 Å². The number of alkyl halides is 1. The SMILES string of the molecule is CC(C)CCOC(=S)SC(c1ccc(Cl)cc1)C(Cl)n1ccnc1. The molecular weight excluding hydrogens is 383 g/mol. The van der Waals surface area contributed by atoms with Crippen molar-refractivity contribution in [2.75, 3.05) is 6.61 Å². The number of hydrogen-bond donors (Lipinski definition) is 0. The van der Waals surface area contributed by atoms with Crippen molar-refractivity contribution in [2.24, 2.45) is 5.92 Å². The van der Waals surface area contributed by atoms with Crippen LogP contribution in [-0.4, -0.2) is 20.5 Å². The first kappa shape index (κ1) is 19.6. The Hall–Kier alpha value is -0.750. The zero-order valence-corrected chi connectivity index (χ0v) is 16.7. The van der Waals surface area contributed by atoms with Crippen molar-refractivity contribution in [3.05, 3.63) is 53.6 Å². The summed E-state index contributed by atoms with van der Waals surface area (Å²) in [5.41, 5.74) is 0.693. The Balaban J connectivity index is 2.10. The fourth-order valence-corrected chi connectivity index (χ4v) is 3.86. The van der Waals surface area contributed by atoms with E-state index >= 15 is 0 Å². The van der Waals surface area contributed by atoms with Gasteiger partial charge in [-0.25, -0.2) is 4.98 Å². The number of thioether (sulfide) groups is 1. The van der Waals surface area contributed by atoms with Crippen LogP contribution >= 0.6 is 47.2 Å². The van der Waals surface area contributed by atoms with Crippen LogP contribution in [-0.2, 0) is 4.74 Å². The molecule has 130 valence electrons.